The van der Waals surface area contributed by atoms with Gasteiger partial charge < -0.3 is 4.74 Å². The Balaban J connectivity index is 1.46. The number of carbonyl (C=O) groups is 2. The number of cyclic esters (lactones) is 1. The molecule has 2 bridgehead atoms. The van der Waals surface area contributed by atoms with Crippen molar-refractivity contribution < 1.29 is 14.3 Å². The van der Waals surface area contributed by atoms with Crippen molar-refractivity contribution in [3.8, 4) is 0 Å². The molecule has 4 nitrogen and oxygen atoms in total. The zero-order valence-corrected chi connectivity index (χ0v) is 13.9. The smallest absolute Gasteiger partial charge is 0.416 e. The maximum absolute atomic E-state index is 13.0. The Hall–Kier alpha value is -2.62. The van der Waals surface area contributed by atoms with E-state index in [-0.39, 0.29) is 5.91 Å². The number of hydrogen-bond acceptors (Lipinski definition) is 3. The summed E-state index contributed by atoms with van der Waals surface area (Å²) in [5, 5.41) is 2.46. The van der Waals surface area contributed by atoms with Crippen LogP contribution in [0.25, 0.3) is 10.8 Å². The van der Waals surface area contributed by atoms with Crippen LogP contribution in [0.15, 0.2) is 54.6 Å². The van der Waals surface area contributed by atoms with Crippen LogP contribution in [0.1, 0.15) is 24.3 Å². The van der Waals surface area contributed by atoms with Crippen molar-refractivity contribution >= 4 is 22.8 Å². The standard InChI is InChI=1S/C21H19NO3/c23-19(22-9-10-25-20(22)24)21-8-7-17(12-21)18(13-21)16-6-5-14-3-1-2-4-15(14)11-16/h1-8,11,17-18H,9-10,12-13H2/t17-,18?,21+/m1/s1. The highest BCUT2D eigenvalue weighted by molar-refractivity contribution is 5.98. The van der Waals surface area contributed by atoms with Gasteiger partial charge in [0.1, 0.15) is 6.61 Å². The lowest BCUT2D eigenvalue weighted by atomic mass is 9.80. The van der Waals surface area contributed by atoms with Gasteiger partial charge in [-0.3, -0.25) is 4.79 Å². The number of allylic oxidation sites excluding steroid dienone is 1. The van der Waals surface area contributed by atoms with Crippen LogP contribution in [0, 0.1) is 11.3 Å². The zero-order chi connectivity index (χ0) is 17.0. The van der Waals surface area contributed by atoms with Gasteiger partial charge in [0.05, 0.1) is 12.0 Å². The summed E-state index contributed by atoms with van der Waals surface area (Å²) in [5.41, 5.74) is 0.747. The first-order chi connectivity index (χ1) is 12.2. The fraction of sp³-hybridized carbons (Fsp3) is 0.333. The molecule has 0 spiro atoms. The van der Waals surface area contributed by atoms with Crippen LogP contribution >= 0.6 is 0 Å². The van der Waals surface area contributed by atoms with Gasteiger partial charge in [-0.1, -0.05) is 54.6 Å². The average Bonchev–Trinajstić information content (AvgIpc) is 3.35. The van der Waals surface area contributed by atoms with Gasteiger partial charge >= 0.3 is 6.09 Å². The number of amides is 2. The van der Waals surface area contributed by atoms with Gasteiger partial charge in [0.25, 0.3) is 0 Å². The second-order valence-electron chi connectivity index (χ2n) is 7.37. The van der Waals surface area contributed by atoms with Gasteiger partial charge in [-0.05, 0) is 41.0 Å². The molecule has 3 aliphatic rings. The summed E-state index contributed by atoms with van der Waals surface area (Å²) in [5.74, 6) is 0.609. The fourth-order valence-electron chi connectivity index (χ4n) is 4.73. The first kappa shape index (κ1) is 14.7. The minimum absolute atomic E-state index is 0.0861. The van der Waals surface area contributed by atoms with E-state index in [9.17, 15) is 9.59 Å². The van der Waals surface area contributed by atoms with Crippen LogP contribution in [0.3, 0.4) is 0 Å². The van der Waals surface area contributed by atoms with E-state index in [1.807, 2.05) is 12.1 Å². The van der Waals surface area contributed by atoms with Crippen LogP contribution in [0.5, 0.6) is 0 Å². The first-order valence-corrected chi connectivity index (χ1v) is 8.83. The topological polar surface area (TPSA) is 46.6 Å². The Bertz CT molecular complexity index is 918. The molecule has 0 radical (unpaired) electrons. The van der Waals surface area contributed by atoms with Crippen molar-refractivity contribution in [3.63, 3.8) is 0 Å². The summed E-state index contributed by atoms with van der Waals surface area (Å²) in [7, 11) is 0. The molecule has 126 valence electrons. The summed E-state index contributed by atoms with van der Waals surface area (Å²) in [6.45, 7) is 0.681. The Morgan fingerprint density at radius 3 is 2.76 bits per heavy atom. The molecule has 3 atom stereocenters. The molecule has 1 unspecified atom stereocenters. The van der Waals surface area contributed by atoms with Crippen molar-refractivity contribution in [1.29, 1.82) is 0 Å². The predicted octanol–water partition coefficient (Wildman–Crippen LogP) is 3.87. The largest absolute Gasteiger partial charge is 0.447 e. The molecule has 25 heavy (non-hydrogen) atoms. The first-order valence-electron chi connectivity index (χ1n) is 8.83. The summed E-state index contributed by atoms with van der Waals surface area (Å²) < 4.78 is 4.95. The van der Waals surface area contributed by atoms with Crippen LogP contribution in [-0.2, 0) is 9.53 Å². The van der Waals surface area contributed by atoms with Crippen molar-refractivity contribution in [3.05, 3.63) is 60.2 Å². The van der Waals surface area contributed by atoms with Crippen molar-refractivity contribution in [2.45, 2.75) is 18.8 Å². The Kier molecular flexibility index (Phi) is 3.05. The maximum Gasteiger partial charge on any atom is 0.416 e. The van der Waals surface area contributed by atoms with Gasteiger partial charge in [-0.2, -0.15) is 0 Å². The average molecular weight is 333 g/mol. The molecular weight excluding hydrogens is 314 g/mol. The molecule has 1 saturated carbocycles. The van der Waals surface area contributed by atoms with Gasteiger partial charge in [0.15, 0.2) is 0 Å². The third-order valence-corrected chi connectivity index (χ3v) is 6.00. The zero-order valence-electron chi connectivity index (χ0n) is 13.9. The molecule has 1 aliphatic heterocycles. The van der Waals surface area contributed by atoms with Crippen molar-refractivity contribution in [2.24, 2.45) is 11.3 Å². The highest BCUT2D eigenvalue weighted by Gasteiger charge is 2.54. The number of hydrogen-bond donors (Lipinski definition) is 0. The lowest BCUT2D eigenvalue weighted by Crippen LogP contribution is -2.42. The molecule has 2 aromatic rings. The van der Waals surface area contributed by atoms with Gasteiger partial charge in [-0.15, -0.1) is 0 Å². The number of carbonyl (C=O) groups excluding carboxylic acids is 2. The van der Waals surface area contributed by atoms with Crippen LogP contribution in [0.4, 0.5) is 4.79 Å². The maximum atomic E-state index is 13.0. The molecule has 0 aromatic heterocycles. The van der Waals surface area contributed by atoms with E-state index in [1.165, 1.54) is 21.2 Å². The normalized spacial score (nSPS) is 30.2. The van der Waals surface area contributed by atoms with E-state index < -0.39 is 11.5 Å². The number of ether oxygens (including phenoxy) is 1. The lowest BCUT2D eigenvalue weighted by Gasteiger charge is -2.28. The molecule has 2 fully saturated rings. The van der Waals surface area contributed by atoms with Crippen molar-refractivity contribution in [2.75, 3.05) is 13.2 Å². The molecule has 4 heteroatoms. The molecule has 1 saturated heterocycles. The van der Waals surface area contributed by atoms with Gasteiger partial charge in [-0.25, -0.2) is 9.69 Å². The van der Waals surface area contributed by atoms with E-state index in [1.54, 1.807) is 0 Å². The molecule has 5 rings (SSSR count). The third kappa shape index (κ3) is 2.13. The van der Waals surface area contributed by atoms with E-state index in [4.69, 9.17) is 4.74 Å². The summed E-state index contributed by atoms with van der Waals surface area (Å²) in [6, 6.07) is 14.9. The Labute approximate surface area is 146 Å². The lowest BCUT2D eigenvalue weighted by molar-refractivity contribution is -0.135. The third-order valence-electron chi connectivity index (χ3n) is 6.00. The van der Waals surface area contributed by atoms with Crippen molar-refractivity contribution in [1.82, 2.24) is 4.90 Å². The molecule has 2 aliphatic carbocycles. The van der Waals surface area contributed by atoms with Gasteiger partial charge in [0.2, 0.25) is 5.91 Å². The molecular formula is C21H19NO3. The highest BCUT2D eigenvalue weighted by atomic mass is 16.6. The number of fused-ring (bicyclic) bond motifs is 3. The Morgan fingerprint density at radius 1 is 1.12 bits per heavy atom. The number of benzene rings is 2. The fourth-order valence-corrected chi connectivity index (χ4v) is 4.73. The number of nitrogens with zero attached hydrogens (tertiary/aromatic N) is 1. The van der Waals surface area contributed by atoms with Crippen LogP contribution < -0.4 is 0 Å². The van der Waals surface area contributed by atoms with E-state index in [0.29, 0.717) is 25.0 Å². The minimum Gasteiger partial charge on any atom is -0.447 e. The minimum atomic E-state index is -0.537. The number of imide groups is 1. The monoisotopic (exact) mass is 333 g/mol. The molecule has 2 amide bonds. The Morgan fingerprint density at radius 2 is 1.96 bits per heavy atom. The van der Waals surface area contributed by atoms with Gasteiger partial charge in [0, 0.05) is 0 Å². The highest BCUT2D eigenvalue weighted by Crippen LogP contribution is 2.57. The SMILES string of the molecule is O=C1OCCN1C(=O)[C@@]12C=C[C@H](C1)C(c1ccc3ccccc3c1)C2. The predicted molar refractivity (Wildman–Crippen MR) is 94.0 cm³/mol. The van der Waals surface area contributed by atoms with E-state index >= 15 is 0 Å². The molecule has 2 aromatic carbocycles. The second kappa shape index (κ2) is 5.19. The van der Waals surface area contributed by atoms with Crippen LogP contribution in [0.2, 0.25) is 0 Å². The number of rotatable bonds is 2. The summed E-state index contributed by atoms with van der Waals surface area (Å²) >= 11 is 0. The van der Waals surface area contributed by atoms with Crippen LogP contribution in [-0.4, -0.2) is 30.1 Å². The van der Waals surface area contributed by atoms with E-state index in [2.05, 4.69) is 42.5 Å². The van der Waals surface area contributed by atoms with E-state index in [0.717, 1.165) is 12.8 Å². The quantitative estimate of drug-likeness (QED) is 0.784. The molecule has 0 N–H and O–H groups in total. The summed E-state index contributed by atoms with van der Waals surface area (Å²) in [4.78, 5) is 26.1. The summed E-state index contributed by atoms with van der Waals surface area (Å²) in [6.07, 6.45) is 5.28. The second-order valence-corrected chi connectivity index (χ2v) is 7.37. The molecule has 1 heterocycles.